The Morgan fingerprint density at radius 3 is 2.22 bits per heavy atom. The molecule has 6 nitrogen and oxygen atoms in total. The Morgan fingerprint density at radius 2 is 1.65 bits per heavy atom. The van der Waals surface area contributed by atoms with E-state index in [1.807, 2.05) is 0 Å². The Bertz CT molecular complexity index is 706. The van der Waals surface area contributed by atoms with Gasteiger partial charge in [-0.2, -0.15) is 0 Å². The third kappa shape index (κ3) is 4.67. The van der Waals surface area contributed by atoms with Gasteiger partial charge in [0.1, 0.15) is 6.61 Å². The summed E-state index contributed by atoms with van der Waals surface area (Å²) in [6.45, 7) is 0.274. The van der Waals surface area contributed by atoms with Crippen molar-refractivity contribution >= 4 is 18.1 Å². The van der Waals surface area contributed by atoms with Crippen LogP contribution < -0.4 is 5.73 Å². The summed E-state index contributed by atoms with van der Waals surface area (Å²) in [5.41, 5.74) is 7.75. The summed E-state index contributed by atoms with van der Waals surface area (Å²) in [5.74, 6) is -0.852. The Balaban J connectivity index is 1.86. The number of primary amides is 1. The maximum Gasteiger partial charge on any atom is 0.337 e. The maximum absolute atomic E-state index is 11.3. The molecule has 2 N–H and O–H groups in total. The average Bonchev–Trinajstić information content (AvgIpc) is 2.59. The smallest absolute Gasteiger partial charge is 0.337 e. The lowest BCUT2D eigenvalue weighted by Gasteiger charge is -2.01. The Labute approximate surface area is 133 Å². The molecule has 23 heavy (non-hydrogen) atoms. The minimum absolute atomic E-state index is 0.274. The van der Waals surface area contributed by atoms with E-state index in [1.165, 1.54) is 7.11 Å². The van der Waals surface area contributed by atoms with Crippen molar-refractivity contribution in [1.29, 1.82) is 0 Å². The number of benzene rings is 2. The fourth-order valence-corrected chi connectivity index (χ4v) is 1.80. The molecule has 0 saturated carbocycles. The van der Waals surface area contributed by atoms with Gasteiger partial charge in [0.05, 0.1) is 18.9 Å². The molecule has 0 radical (unpaired) electrons. The van der Waals surface area contributed by atoms with Crippen molar-refractivity contribution < 1.29 is 19.2 Å². The van der Waals surface area contributed by atoms with Gasteiger partial charge in [-0.15, -0.1) is 0 Å². The van der Waals surface area contributed by atoms with E-state index in [2.05, 4.69) is 9.89 Å². The number of carbonyl (C=O) groups is 2. The quantitative estimate of drug-likeness (QED) is 0.502. The number of hydrogen-bond acceptors (Lipinski definition) is 5. The predicted octanol–water partition coefficient (Wildman–Crippen LogP) is 2.12. The largest absolute Gasteiger partial charge is 0.465 e. The summed E-state index contributed by atoms with van der Waals surface area (Å²) >= 11 is 0. The second kappa shape index (κ2) is 7.74. The van der Waals surface area contributed by atoms with Gasteiger partial charge in [0.2, 0.25) is 5.91 Å². The molecule has 118 valence electrons. The Hall–Kier alpha value is -3.15. The van der Waals surface area contributed by atoms with Crippen molar-refractivity contribution in [3.8, 4) is 0 Å². The third-order valence-corrected chi connectivity index (χ3v) is 3.08. The molecule has 0 aromatic heterocycles. The summed E-state index contributed by atoms with van der Waals surface area (Å²) in [7, 11) is 1.33. The molecule has 0 bridgehead atoms. The second-order valence-corrected chi connectivity index (χ2v) is 4.68. The van der Waals surface area contributed by atoms with Crippen LogP contribution in [0.25, 0.3) is 0 Å². The van der Waals surface area contributed by atoms with Crippen molar-refractivity contribution in [1.82, 2.24) is 0 Å². The number of hydrogen-bond donors (Lipinski definition) is 1. The van der Waals surface area contributed by atoms with Crippen LogP contribution in [0.3, 0.4) is 0 Å². The number of carbonyl (C=O) groups excluding carboxylic acids is 2. The van der Waals surface area contributed by atoms with Gasteiger partial charge in [-0.3, -0.25) is 4.79 Å². The summed E-state index contributed by atoms with van der Waals surface area (Å²) in [6.07, 6.45) is 1.54. The van der Waals surface area contributed by atoms with E-state index in [1.54, 1.807) is 54.7 Å². The zero-order valence-corrected chi connectivity index (χ0v) is 12.6. The van der Waals surface area contributed by atoms with E-state index in [0.717, 1.165) is 11.1 Å². The molecule has 2 aromatic rings. The molecular weight excluding hydrogens is 296 g/mol. The van der Waals surface area contributed by atoms with Crippen LogP contribution in [-0.2, 0) is 16.2 Å². The number of methoxy groups -OCH3 is 1. The van der Waals surface area contributed by atoms with Crippen molar-refractivity contribution in [3.05, 3.63) is 70.8 Å². The SMILES string of the molecule is COC(=O)c1ccc(/C=N\OCc2ccc(C(N)=O)cc2)cc1. The number of nitrogens with two attached hydrogens (primary N) is 1. The lowest BCUT2D eigenvalue weighted by atomic mass is 10.1. The van der Waals surface area contributed by atoms with E-state index >= 15 is 0 Å². The molecule has 1 amide bonds. The monoisotopic (exact) mass is 312 g/mol. The minimum Gasteiger partial charge on any atom is -0.465 e. The summed E-state index contributed by atoms with van der Waals surface area (Å²) in [6, 6.07) is 13.5. The number of esters is 1. The standard InChI is InChI=1S/C17H16N2O4/c1-22-17(21)15-8-2-12(3-9-15)10-19-23-11-13-4-6-14(7-5-13)16(18)20/h2-10H,11H2,1H3,(H2,18,20)/b19-10-. The summed E-state index contributed by atoms with van der Waals surface area (Å²) in [5, 5.41) is 3.86. The minimum atomic E-state index is -0.467. The topological polar surface area (TPSA) is 91.0 Å². The van der Waals surface area contributed by atoms with E-state index in [4.69, 9.17) is 10.6 Å². The zero-order valence-electron chi connectivity index (χ0n) is 12.6. The van der Waals surface area contributed by atoms with Crippen LogP contribution >= 0.6 is 0 Å². The van der Waals surface area contributed by atoms with E-state index in [0.29, 0.717) is 11.1 Å². The molecular formula is C17H16N2O4. The van der Waals surface area contributed by atoms with Crippen LogP contribution in [0.15, 0.2) is 53.7 Å². The molecule has 0 heterocycles. The first-order valence-electron chi connectivity index (χ1n) is 6.82. The van der Waals surface area contributed by atoms with E-state index in [-0.39, 0.29) is 12.6 Å². The van der Waals surface area contributed by atoms with Crippen LogP contribution in [0.1, 0.15) is 31.8 Å². The van der Waals surface area contributed by atoms with Crippen LogP contribution in [0.4, 0.5) is 0 Å². The molecule has 0 spiro atoms. The third-order valence-electron chi connectivity index (χ3n) is 3.08. The normalized spacial score (nSPS) is 10.5. The van der Waals surface area contributed by atoms with Crippen LogP contribution in [0, 0.1) is 0 Å². The first-order valence-corrected chi connectivity index (χ1v) is 6.82. The number of amides is 1. The van der Waals surface area contributed by atoms with Crippen molar-refractivity contribution in [2.45, 2.75) is 6.61 Å². The Kier molecular flexibility index (Phi) is 5.46. The van der Waals surface area contributed by atoms with Crippen molar-refractivity contribution in [3.63, 3.8) is 0 Å². The summed E-state index contributed by atoms with van der Waals surface area (Å²) < 4.78 is 4.62. The average molecular weight is 312 g/mol. The number of rotatable bonds is 6. The molecule has 2 rings (SSSR count). The van der Waals surface area contributed by atoms with Crippen LogP contribution in [0.5, 0.6) is 0 Å². The first-order chi connectivity index (χ1) is 11.1. The van der Waals surface area contributed by atoms with Gasteiger partial charge in [-0.25, -0.2) is 4.79 Å². The summed E-state index contributed by atoms with van der Waals surface area (Å²) in [4.78, 5) is 27.4. The predicted molar refractivity (Wildman–Crippen MR) is 85.1 cm³/mol. The van der Waals surface area contributed by atoms with Gasteiger partial charge in [0.25, 0.3) is 0 Å². The highest BCUT2D eigenvalue weighted by molar-refractivity contribution is 5.92. The first kappa shape index (κ1) is 16.2. The van der Waals surface area contributed by atoms with Gasteiger partial charge in [-0.05, 0) is 35.4 Å². The van der Waals surface area contributed by atoms with Gasteiger partial charge in [0, 0.05) is 5.56 Å². The molecule has 0 aliphatic heterocycles. The highest BCUT2D eigenvalue weighted by Gasteiger charge is 2.03. The van der Waals surface area contributed by atoms with Gasteiger partial charge >= 0.3 is 5.97 Å². The fraction of sp³-hybridized carbons (Fsp3) is 0.118. The fourth-order valence-electron chi connectivity index (χ4n) is 1.80. The van der Waals surface area contributed by atoms with Crippen LogP contribution in [-0.4, -0.2) is 25.2 Å². The molecule has 0 aliphatic rings. The molecule has 0 unspecified atom stereocenters. The maximum atomic E-state index is 11.3. The highest BCUT2D eigenvalue weighted by Crippen LogP contribution is 2.06. The number of ether oxygens (including phenoxy) is 1. The Morgan fingerprint density at radius 1 is 1.04 bits per heavy atom. The lowest BCUT2D eigenvalue weighted by Crippen LogP contribution is -2.10. The molecule has 0 fully saturated rings. The van der Waals surface area contributed by atoms with E-state index in [9.17, 15) is 9.59 Å². The highest BCUT2D eigenvalue weighted by atomic mass is 16.6. The molecule has 2 aromatic carbocycles. The molecule has 0 aliphatic carbocycles. The second-order valence-electron chi connectivity index (χ2n) is 4.68. The van der Waals surface area contributed by atoms with Gasteiger partial charge < -0.3 is 15.3 Å². The molecule has 6 heteroatoms. The van der Waals surface area contributed by atoms with Crippen molar-refractivity contribution in [2.75, 3.05) is 7.11 Å². The number of oxime groups is 1. The van der Waals surface area contributed by atoms with Crippen LogP contribution in [0.2, 0.25) is 0 Å². The molecule has 0 atom stereocenters. The zero-order chi connectivity index (χ0) is 16.7. The lowest BCUT2D eigenvalue weighted by molar-refractivity contribution is 0.0600. The van der Waals surface area contributed by atoms with Gasteiger partial charge in [0.15, 0.2) is 0 Å². The van der Waals surface area contributed by atoms with Crippen molar-refractivity contribution in [2.24, 2.45) is 10.9 Å². The number of nitrogens with zero attached hydrogens (tertiary/aromatic N) is 1. The van der Waals surface area contributed by atoms with Gasteiger partial charge in [-0.1, -0.05) is 29.4 Å². The molecule has 0 saturated heterocycles. The van der Waals surface area contributed by atoms with E-state index < -0.39 is 5.91 Å².